The Hall–Kier alpha value is -0.570. The summed E-state index contributed by atoms with van der Waals surface area (Å²) in [6.45, 7) is 3.04. The average molecular weight is 211 g/mol. The van der Waals surface area contributed by atoms with Gasteiger partial charge in [-0.25, -0.2) is 0 Å². The predicted molar refractivity (Wildman–Crippen MR) is 58.8 cm³/mol. The number of aliphatic carboxylic acids is 1. The maximum Gasteiger partial charge on any atom is 0.307 e. The third-order valence-corrected chi connectivity index (χ3v) is 3.85. The van der Waals surface area contributed by atoms with E-state index < -0.39 is 5.97 Å². The Kier molecular flexibility index (Phi) is 3.62. The summed E-state index contributed by atoms with van der Waals surface area (Å²) < 4.78 is 0. The van der Waals surface area contributed by atoms with Crippen LogP contribution in [0.4, 0.5) is 0 Å². The average Bonchev–Trinajstić information content (AvgIpc) is 2.71. The minimum Gasteiger partial charge on any atom is -0.481 e. The van der Waals surface area contributed by atoms with Crippen LogP contribution >= 0.6 is 0 Å². The zero-order valence-electron chi connectivity index (χ0n) is 9.32. The molecule has 2 rings (SSSR count). The van der Waals surface area contributed by atoms with E-state index >= 15 is 0 Å². The molecule has 3 nitrogen and oxygen atoms in total. The van der Waals surface area contributed by atoms with Gasteiger partial charge in [-0.2, -0.15) is 0 Å². The highest BCUT2D eigenvalue weighted by Gasteiger charge is 2.27. The molecule has 1 aliphatic heterocycles. The van der Waals surface area contributed by atoms with E-state index in [4.69, 9.17) is 5.11 Å². The highest BCUT2D eigenvalue weighted by atomic mass is 16.4. The molecule has 1 atom stereocenters. The number of hydrogen-bond donors (Lipinski definition) is 1. The second-order valence-corrected chi connectivity index (χ2v) is 5.09. The van der Waals surface area contributed by atoms with Gasteiger partial charge in [-0.1, -0.05) is 12.8 Å². The molecule has 1 saturated carbocycles. The minimum absolute atomic E-state index is 0.111. The van der Waals surface area contributed by atoms with Gasteiger partial charge in [0.2, 0.25) is 0 Å². The summed E-state index contributed by atoms with van der Waals surface area (Å²) in [4.78, 5) is 13.3. The molecule has 1 heterocycles. The molecule has 3 heteroatoms. The van der Waals surface area contributed by atoms with E-state index in [0.29, 0.717) is 0 Å². The molecule has 86 valence electrons. The molecule has 0 aromatic carbocycles. The fourth-order valence-electron chi connectivity index (χ4n) is 2.98. The van der Waals surface area contributed by atoms with Gasteiger partial charge >= 0.3 is 5.97 Å². The first-order chi connectivity index (χ1) is 7.25. The second kappa shape index (κ2) is 4.97. The van der Waals surface area contributed by atoms with Crippen molar-refractivity contribution in [2.75, 3.05) is 19.6 Å². The van der Waals surface area contributed by atoms with Crippen LogP contribution in [-0.2, 0) is 4.79 Å². The van der Waals surface area contributed by atoms with Gasteiger partial charge in [0, 0.05) is 13.1 Å². The van der Waals surface area contributed by atoms with Crippen molar-refractivity contribution in [3.05, 3.63) is 0 Å². The number of carbonyl (C=O) groups is 1. The van der Waals surface area contributed by atoms with Crippen LogP contribution in [0.2, 0.25) is 0 Å². The highest BCUT2D eigenvalue weighted by Crippen LogP contribution is 2.27. The number of carboxylic acids is 1. The third-order valence-electron chi connectivity index (χ3n) is 3.85. The van der Waals surface area contributed by atoms with Gasteiger partial charge in [-0.3, -0.25) is 4.79 Å². The maximum absolute atomic E-state index is 10.9. The van der Waals surface area contributed by atoms with Crippen LogP contribution < -0.4 is 0 Å². The molecule has 2 fully saturated rings. The number of hydrogen-bond acceptors (Lipinski definition) is 2. The quantitative estimate of drug-likeness (QED) is 0.776. The Labute approximate surface area is 91.5 Å². The molecular formula is C12H21NO2. The molecule has 0 radical (unpaired) electrons. The van der Waals surface area contributed by atoms with E-state index in [0.717, 1.165) is 38.4 Å². The molecule has 0 aromatic heterocycles. The van der Waals surface area contributed by atoms with Gasteiger partial charge in [0.25, 0.3) is 0 Å². The van der Waals surface area contributed by atoms with Gasteiger partial charge in [-0.05, 0) is 38.1 Å². The predicted octanol–water partition coefficient (Wildman–Crippen LogP) is 1.97. The topological polar surface area (TPSA) is 40.5 Å². The Morgan fingerprint density at radius 3 is 2.60 bits per heavy atom. The molecule has 1 aliphatic carbocycles. The molecule has 1 saturated heterocycles. The zero-order chi connectivity index (χ0) is 10.7. The van der Waals surface area contributed by atoms with Crippen molar-refractivity contribution < 1.29 is 9.90 Å². The summed E-state index contributed by atoms with van der Waals surface area (Å²) in [6.07, 6.45) is 7.39. The zero-order valence-corrected chi connectivity index (χ0v) is 9.32. The molecule has 0 spiro atoms. The minimum atomic E-state index is -0.605. The molecule has 0 bridgehead atoms. The summed E-state index contributed by atoms with van der Waals surface area (Å²) in [5.41, 5.74) is 0. The fraction of sp³-hybridized carbons (Fsp3) is 0.917. The monoisotopic (exact) mass is 211 g/mol. The number of piperidine rings is 1. The summed E-state index contributed by atoms with van der Waals surface area (Å²) in [5.74, 6) is 0.129. The second-order valence-electron chi connectivity index (χ2n) is 5.09. The van der Waals surface area contributed by atoms with E-state index in [2.05, 4.69) is 4.90 Å². The standard InChI is InChI=1S/C12H21NO2/c14-12(15)11-6-3-7-13(9-11)8-10-4-1-2-5-10/h10-11H,1-9H2,(H,14,15)/t11-/m0/s1. The molecule has 1 N–H and O–H groups in total. The first kappa shape index (κ1) is 10.9. The lowest BCUT2D eigenvalue weighted by molar-refractivity contribution is -0.143. The van der Waals surface area contributed by atoms with E-state index in [-0.39, 0.29) is 5.92 Å². The molecule has 2 aliphatic rings. The highest BCUT2D eigenvalue weighted by molar-refractivity contribution is 5.70. The van der Waals surface area contributed by atoms with Crippen LogP contribution in [0.3, 0.4) is 0 Å². The van der Waals surface area contributed by atoms with Crippen LogP contribution in [0.5, 0.6) is 0 Å². The molecular weight excluding hydrogens is 190 g/mol. The van der Waals surface area contributed by atoms with Crippen molar-refractivity contribution in [2.24, 2.45) is 11.8 Å². The lowest BCUT2D eigenvalue weighted by Crippen LogP contribution is -2.40. The summed E-state index contributed by atoms with van der Waals surface area (Å²) in [6, 6.07) is 0. The van der Waals surface area contributed by atoms with E-state index in [1.54, 1.807) is 0 Å². The van der Waals surface area contributed by atoms with Gasteiger partial charge in [0.1, 0.15) is 0 Å². The van der Waals surface area contributed by atoms with E-state index in [1.165, 1.54) is 25.7 Å². The summed E-state index contributed by atoms with van der Waals surface area (Å²) >= 11 is 0. The largest absolute Gasteiger partial charge is 0.481 e. The Bertz CT molecular complexity index is 224. The number of rotatable bonds is 3. The van der Waals surface area contributed by atoms with Crippen LogP contribution in [0.25, 0.3) is 0 Å². The summed E-state index contributed by atoms with van der Waals surface area (Å²) in [7, 11) is 0. The fourth-order valence-corrected chi connectivity index (χ4v) is 2.98. The Morgan fingerprint density at radius 1 is 1.20 bits per heavy atom. The number of nitrogens with zero attached hydrogens (tertiary/aromatic N) is 1. The normalized spacial score (nSPS) is 29.5. The van der Waals surface area contributed by atoms with Crippen LogP contribution in [0, 0.1) is 11.8 Å². The van der Waals surface area contributed by atoms with Crippen LogP contribution in [0.15, 0.2) is 0 Å². The number of likely N-dealkylation sites (tertiary alicyclic amines) is 1. The Balaban J connectivity index is 1.79. The molecule has 0 unspecified atom stereocenters. The first-order valence-electron chi connectivity index (χ1n) is 6.21. The van der Waals surface area contributed by atoms with Crippen molar-refractivity contribution in [1.29, 1.82) is 0 Å². The molecule has 0 amide bonds. The summed E-state index contributed by atoms with van der Waals surface area (Å²) in [5, 5.41) is 8.99. The van der Waals surface area contributed by atoms with Crippen molar-refractivity contribution in [3.63, 3.8) is 0 Å². The third kappa shape index (κ3) is 2.94. The smallest absolute Gasteiger partial charge is 0.307 e. The van der Waals surface area contributed by atoms with Crippen molar-refractivity contribution >= 4 is 5.97 Å². The van der Waals surface area contributed by atoms with Crippen molar-refractivity contribution in [3.8, 4) is 0 Å². The maximum atomic E-state index is 10.9. The Morgan fingerprint density at radius 2 is 1.93 bits per heavy atom. The molecule has 15 heavy (non-hydrogen) atoms. The lowest BCUT2D eigenvalue weighted by atomic mass is 9.97. The lowest BCUT2D eigenvalue weighted by Gasteiger charge is -2.32. The molecule has 0 aromatic rings. The van der Waals surface area contributed by atoms with E-state index in [9.17, 15) is 4.79 Å². The van der Waals surface area contributed by atoms with Crippen LogP contribution in [0.1, 0.15) is 38.5 Å². The van der Waals surface area contributed by atoms with Gasteiger partial charge in [0.05, 0.1) is 5.92 Å². The van der Waals surface area contributed by atoms with Crippen LogP contribution in [-0.4, -0.2) is 35.6 Å². The van der Waals surface area contributed by atoms with Gasteiger partial charge in [0.15, 0.2) is 0 Å². The number of carboxylic acid groups (broad SMARTS) is 1. The first-order valence-corrected chi connectivity index (χ1v) is 6.21. The SMILES string of the molecule is O=C(O)[C@H]1CCCN(CC2CCCC2)C1. The van der Waals surface area contributed by atoms with Crippen molar-refractivity contribution in [1.82, 2.24) is 4.90 Å². The van der Waals surface area contributed by atoms with E-state index in [1.807, 2.05) is 0 Å². The van der Waals surface area contributed by atoms with Gasteiger partial charge in [-0.15, -0.1) is 0 Å². The van der Waals surface area contributed by atoms with Crippen molar-refractivity contribution in [2.45, 2.75) is 38.5 Å². The van der Waals surface area contributed by atoms with Gasteiger partial charge < -0.3 is 10.0 Å².